The molecule has 2 heterocycles. The summed E-state index contributed by atoms with van der Waals surface area (Å²) in [4.78, 5) is 15.6. The lowest BCUT2D eigenvalue weighted by Crippen LogP contribution is -2.43. The molecule has 4 rings (SSSR count). The Morgan fingerprint density at radius 2 is 1.96 bits per heavy atom. The molecule has 1 N–H and O–H groups in total. The van der Waals surface area contributed by atoms with Crippen LogP contribution in [0.5, 0.6) is 0 Å². The molecule has 136 valence electrons. The van der Waals surface area contributed by atoms with Gasteiger partial charge in [-0.3, -0.25) is 4.79 Å². The van der Waals surface area contributed by atoms with Crippen LogP contribution in [0.2, 0.25) is 0 Å². The van der Waals surface area contributed by atoms with Crippen LogP contribution in [-0.4, -0.2) is 23.4 Å². The maximum atomic E-state index is 13.3. The summed E-state index contributed by atoms with van der Waals surface area (Å²) in [5.41, 5.74) is 2.61. The molecule has 0 aromatic heterocycles. The zero-order valence-corrected chi connectivity index (χ0v) is 15.5. The highest BCUT2D eigenvalue weighted by molar-refractivity contribution is 5.80. The number of benzene rings is 1. The normalized spacial score (nSPS) is 29.0. The fraction of sp³-hybridized carbons (Fsp3) is 0.682. The first-order valence-electron chi connectivity index (χ1n) is 10.5. The Hall–Kier alpha value is -1.51. The number of carbonyl (C=O) groups excluding carboxylic acids is 1. The second-order valence-electron chi connectivity index (χ2n) is 8.24. The number of carbonyl (C=O) groups is 1. The van der Waals surface area contributed by atoms with Crippen molar-refractivity contribution in [1.82, 2.24) is 4.90 Å². The maximum Gasteiger partial charge on any atom is 0.226 e. The number of likely N-dealkylation sites (tertiary alicyclic amines) is 1. The quantitative estimate of drug-likeness (QED) is 0.823. The third kappa shape index (κ3) is 3.18. The minimum atomic E-state index is 0.281. The van der Waals surface area contributed by atoms with Gasteiger partial charge in [-0.1, -0.05) is 57.2 Å². The second kappa shape index (κ2) is 7.39. The number of nitrogens with one attached hydrogen (secondary N) is 1. The number of rotatable bonds is 4. The van der Waals surface area contributed by atoms with E-state index in [9.17, 15) is 4.79 Å². The predicted molar refractivity (Wildman–Crippen MR) is 103 cm³/mol. The minimum Gasteiger partial charge on any atom is -0.382 e. The molecule has 1 aromatic carbocycles. The van der Waals surface area contributed by atoms with Gasteiger partial charge in [0.1, 0.15) is 0 Å². The van der Waals surface area contributed by atoms with Crippen molar-refractivity contribution in [2.45, 2.75) is 76.8 Å². The number of amides is 1. The highest BCUT2D eigenvalue weighted by Gasteiger charge is 2.46. The van der Waals surface area contributed by atoms with Gasteiger partial charge in [0.2, 0.25) is 5.91 Å². The van der Waals surface area contributed by atoms with Gasteiger partial charge in [0.25, 0.3) is 0 Å². The second-order valence-corrected chi connectivity index (χ2v) is 8.24. The summed E-state index contributed by atoms with van der Waals surface area (Å²) in [5, 5.41) is 3.80. The van der Waals surface area contributed by atoms with Crippen LogP contribution in [0.25, 0.3) is 0 Å². The first-order chi connectivity index (χ1) is 12.3. The van der Waals surface area contributed by atoms with Crippen LogP contribution >= 0.6 is 0 Å². The number of hydrogen-bond donors (Lipinski definition) is 1. The molecule has 2 aliphatic heterocycles. The Morgan fingerprint density at radius 3 is 2.76 bits per heavy atom. The molecule has 0 spiro atoms. The van der Waals surface area contributed by atoms with Crippen molar-refractivity contribution < 1.29 is 4.79 Å². The van der Waals surface area contributed by atoms with E-state index in [1.807, 2.05) is 0 Å². The summed E-state index contributed by atoms with van der Waals surface area (Å²) in [6.07, 6.45) is 10.8. The molecule has 3 heteroatoms. The van der Waals surface area contributed by atoms with Gasteiger partial charge >= 0.3 is 0 Å². The molecule has 1 saturated carbocycles. The van der Waals surface area contributed by atoms with E-state index >= 15 is 0 Å². The van der Waals surface area contributed by atoms with E-state index in [0.29, 0.717) is 23.9 Å². The van der Waals surface area contributed by atoms with Crippen molar-refractivity contribution in [3.05, 3.63) is 29.8 Å². The number of para-hydroxylation sites is 1. The van der Waals surface area contributed by atoms with Crippen LogP contribution in [0.1, 0.15) is 76.3 Å². The van der Waals surface area contributed by atoms with Crippen molar-refractivity contribution in [3.63, 3.8) is 0 Å². The molecular weight excluding hydrogens is 308 g/mol. The third-order valence-corrected chi connectivity index (χ3v) is 6.69. The Kier molecular flexibility index (Phi) is 5.00. The largest absolute Gasteiger partial charge is 0.382 e. The highest BCUT2D eigenvalue weighted by atomic mass is 16.2. The lowest BCUT2D eigenvalue weighted by molar-refractivity contribution is -0.138. The summed E-state index contributed by atoms with van der Waals surface area (Å²) < 4.78 is 0. The maximum absolute atomic E-state index is 13.3. The molecule has 1 aliphatic carbocycles. The van der Waals surface area contributed by atoms with Crippen LogP contribution in [0.4, 0.5) is 5.69 Å². The van der Waals surface area contributed by atoms with Crippen LogP contribution in [0, 0.1) is 11.8 Å². The van der Waals surface area contributed by atoms with Gasteiger partial charge in [-0.05, 0) is 37.3 Å². The smallest absolute Gasteiger partial charge is 0.226 e. The number of nitrogens with zero attached hydrogens (tertiary/aromatic N) is 1. The zero-order valence-electron chi connectivity index (χ0n) is 15.5. The van der Waals surface area contributed by atoms with Gasteiger partial charge in [-0.25, -0.2) is 0 Å². The molecule has 0 radical (unpaired) electrons. The van der Waals surface area contributed by atoms with E-state index < -0.39 is 0 Å². The van der Waals surface area contributed by atoms with Crippen LogP contribution in [0.3, 0.4) is 0 Å². The van der Waals surface area contributed by atoms with Gasteiger partial charge in [0.05, 0.1) is 6.04 Å². The van der Waals surface area contributed by atoms with Gasteiger partial charge < -0.3 is 10.2 Å². The lowest BCUT2D eigenvalue weighted by atomic mass is 9.80. The fourth-order valence-electron chi connectivity index (χ4n) is 5.37. The van der Waals surface area contributed by atoms with E-state index in [0.717, 1.165) is 25.8 Å². The Morgan fingerprint density at radius 1 is 1.16 bits per heavy atom. The van der Waals surface area contributed by atoms with Crippen molar-refractivity contribution in [2.24, 2.45) is 11.8 Å². The average molecular weight is 341 g/mol. The molecule has 3 aliphatic rings. The Balaban J connectivity index is 1.61. The zero-order chi connectivity index (χ0) is 17.2. The molecular formula is C22H32N2O. The van der Waals surface area contributed by atoms with Crippen molar-refractivity contribution in [3.8, 4) is 0 Å². The fourth-order valence-corrected chi connectivity index (χ4v) is 5.37. The van der Waals surface area contributed by atoms with Gasteiger partial charge in [0, 0.05) is 30.1 Å². The summed E-state index contributed by atoms with van der Waals surface area (Å²) in [5.74, 6) is 1.30. The van der Waals surface area contributed by atoms with E-state index in [1.165, 1.54) is 49.8 Å². The summed E-state index contributed by atoms with van der Waals surface area (Å²) in [6.45, 7) is 3.21. The first kappa shape index (κ1) is 16.9. The number of hydrogen-bond acceptors (Lipinski definition) is 2. The monoisotopic (exact) mass is 340 g/mol. The highest BCUT2D eigenvalue weighted by Crippen LogP contribution is 2.48. The van der Waals surface area contributed by atoms with Crippen LogP contribution in [0.15, 0.2) is 24.3 Å². The SMILES string of the molecule is CCCCC1Nc2ccccc2C2C1CCN2C(=O)C1CCCCC1. The van der Waals surface area contributed by atoms with E-state index in [2.05, 4.69) is 41.4 Å². The molecule has 1 aromatic rings. The van der Waals surface area contributed by atoms with Crippen LogP contribution < -0.4 is 5.32 Å². The standard InChI is InChI=1S/C22H32N2O/c1-2-3-12-19-18-14-15-24(22(25)16-9-5-4-6-10-16)21(18)17-11-7-8-13-20(17)23-19/h7-8,11,13,16,18-19,21,23H,2-6,9-10,12,14-15H2,1H3. The number of anilines is 1. The average Bonchev–Trinajstić information content (AvgIpc) is 3.12. The molecule has 0 bridgehead atoms. The van der Waals surface area contributed by atoms with Crippen molar-refractivity contribution in [1.29, 1.82) is 0 Å². The van der Waals surface area contributed by atoms with E-state index in [1.54, 1.807) is 0 Å². The summed E-state index contributed by atoms with van der Waals surface area (Å²) >= 11 is 0. The van der Waals surface area contributed by atoms with E-state index in [4.69, 9.17) is 0 Å². The predicted octanol–water partition coefficient (Wildman–Crippen LogP) is 5.14. The van der Waals surface area contributed by atoms with Crippen molar-refractivity contribution in [2.75, 3.05) is 11.9 Å². The van der Waals surface area contributed by atoms with Crippen molar-refractivity contribution >= 4 is 11.6 Å². The van der Waals surface area contributed by atoms with Gasteiger partial charge in [-0.2, -0.15) is 0 Å². The first-order valence-corrected chi connectivity index (χ1v) is 10.5. The molecule has 1 amide bonds. The summed E-state index contributed by atoms with van der Waals surface area (Å²) in [6, 6.07) is 9.50. The molecule has 25 heavy (non-hydrogen) atoms. The van der Waals surface area contributed by atoms with Gasteiger partial charge in [0.15, 0.2) is 0 Å². The molecule has 2 fully saturated rings. The lowest BCUT2D eigenvalue weighted by Gasteiger charge is -2.41. The Labute approximate surface area is 152 Å². The third-order valence-electron chi connectivity index (χ3n) is 6.69. The molecule has 3 atom stereocenters. The Bertz CT molecular complexity index is 608. The van der Waals surface area contributed by atoms with Gasteiger partial charge in [-0.15, -0.1) is 0 Å². The minimum absolute atomic E-state index is 0.281. The number of unbranched alkanes of at least 4 members (excludes halogenated alkanes) is 1. The molecule has 1 saturated heterocycles. The van der Waals surface area contributed by atoms with E-state index in [-0.39, 0.29) is 5.92 Å². The number of fused-ring (bicyclic) bond motifs is 3. The summed E-state index contributed by atoms with van der Waals surface area (Å²) in [7, 11) is 0. The molecule has 3 unspecified atom stereocenters. The molecule has 3 nitrogen and oxygen atoms in total. The van der Waals surface area contributed by atoms with Crippen LogP contribution in [-0.2, 0) is 4.79 Å². The topological polar surface area (TPSA) is 32.3 Å².